The molecule has 116 valence electrons. The zero-order valence-electron chi connectivity index (χ0n) is 11.2. The van der Waals surface area contributed by atoms with E-state index in [2.05, 4.69) is 10.0 Å². The molecule has 0 aliphatic carbocycles. The van der Waals surface area contributed by atoms with Crippen LogP contribution in [0.15, 0.2) is 53.4 Å². The fourth-order valence-corrected chi connectivity index (χ4v) is 2.92. The molecule has 0 aliphatic rings. The predicted molar refractivity (Wildman–Crippen MR) is 86.7 cm³/mol. The Morgan fingerprint density at radius 3 is 2.32 bits per heavy atom. The molecule has 2 aromatic carbocycles. The molecular formula is C14H12Cl2N2O3S. The molecular weight excluding hydrogens is 347 g/mol. The fourth-order valence-electron chi connectivity index (χ4n) is 1.62. The lowest BCUT2D eigenvalue weighted by Gasteiger charge is -2.08. The number of rotatable bonds is 5. The summed E-state index contributed by atoms with van der Waals surface area (Å²) in [6.07, 6.45) is 0. The van der Waals surface area contributed by atoms with Gasteiger partial charge in [0.05, 0.1) is 21.5 Å². The Kier molecular flexibility index (Phi) is 5.42. The Morgan fingerprint density at radius 2 is 1.68 bits per heavy atom. The summed E-state index contributed by atoms with van der Waals surface area (Å²) in [5.74, 6) is -0.516. The smallest absolute Gasteiger partial charge is 0.241 e. The van der Waals surface area contributed by atoms with Gasteiger partial charge in [-0.25, -0.2) is 13.1 Å². The van der Waals surface area contributed by atoms with Crippen molar-refractivity contribution in [2.24, 2.45) is 0 Å². The van der Waals surface area contributed by atoms with Crippen molar-refractivity contribution in [2.45, 2.75) is 4.90 Å². The van der Waals surface area contributed by atoms with Gasteiger partial charge in [0.25, 0.3) is 0 Å². The highest BCUT2D eigenvalue weighted by Crippen LogP contribution is 2.24. The van der Waals surface area contributed by atoms with Gasteiger partial charge >= 0.3 is 0 Å². The minimum Gasteiger partial charge on any atom is -0.325 e. The maximum Gasteiger partial charge on any atom is 0.241 e. The maximum atomic E-state index is 12.0. The van der Waals surface area contributed by atoms with Gasteiger partial charge < -0.3 is 5.32 Å². The first kappa shape index (κ1) is 16.8. The Balaban J connectivity index is 1.97. The van der Waals surface area contributed by atoms with Crippen LogP contribution in [0.3, 0.4) is 0 Å². The molecule has 8 heteroatoms. The van der Waals surface area contributed by atoms with Crippen LogP contribution in [0.25, 0.3) is 0 Å². The Bertz CT molecular complexity index is 780. The number of carbonyl (C=O) groups excluding carboxylic acids is 1. The van der Waals surface area contributed by atoms with E-state index in [1.807, 2.05) is 0 Å². The lowest BCUT2D eigenvalue weighted by molar-refractivity contribution is -0.115. The van der Waals surface area contributed by atoms with Gasteiger partial charge in [-0.3, -0.25) is 4.79 Å². The van der Waals surface area contributed by atoms with Gasteiger partial charge in [-0.05, 0) is 30.3 Å². The average Bonchev–Trinajstić information content (AvgIpc) is 2.50. The van der Waals surface area contributed by atoms with E-state index < -0.39 is 22.5 Å². The third-order valence-corrected chi connectivity index (χ3v) is 4.84. The van der Waals surface area contributed by atoms with Crippen molar-refractivity contribution in [3.63, 3.8) is 0 Å². The molecule has 5 nitrogen and oxygen atoms in total. The van der Waals surface area contributed by atoms with Gasteiger partial charge in [-0.1, -0.05) is 41.4 Å². The number of benzene rings is 2. The number of halogens is 2. The van der Waals surface area contributed by atoms with Crippen LogP contribution >= 0.6 is 23.2 Å². The van der Waals surface area contributed by atoms with E-state index in [1.54, 1.807) is 24.3 Å². The van der Waals surface area contributed by atoms with E-state index in [9.17, 15) is 13.2 Å². The SMILES string of the molecule is O=C(CNS(=O)(=O)c1ccccc1)Nc1ccc(Cl)c(Cl)c1. The van der Waals surface area contributed by atoms with E-state index in [0.29, 0.717) is 15.7 Å². The molecule has 0 spiro atoms. The summed E-state index contributed by atoms with van der Waals surface area (Å²) in [4.78, 5) is 11.9. The van der Waals surface area contributed by atoms with Crippen LogP contribution < -0.4 is 10.0 Å². The number of nitrogens with one attached hydrogen (secondary N) is 2. The number of anilines is 1. The third-order valence-electron chi connectivity index (χ3n) is 2.68. The summed E-state index contributed by atoms with van der Waals surface area (Å²) >= 11 is 11.6. The molecule has 0 heterocycles. The molecule has 22 heavy (non-hydrogen) atoms. The molecule has 0 unspecified atom stereocenters. The molecule has 0 bridgehead atoms. The van der Waals surface area contributed by atoms with Crippen molar-refractivity contribution < 1.29 is 13.2 Å². The molecule has 2 rings (SSSR count). The lowest BCUT2D eigenvalue weighted by Crippen LogP contribution is -2.32. The standard InChI is InChI=1S/C14H12Cl2N2O3S/c15-12-7-6-10(8-13(12)16)18-14(19)9-17-22(20,21)11-4-2-1-3-5-11/h1-8,17H,9H2,(H,18,19). The van der Waals surface area contributed by atoms with Crippen molar-refractivity contribution in [1.29, 1.82) is 0 Å². The topological polar surface area (TPSA) is 75.3 Å². The number of carbonyl (C=O) groups is 1. The minimum atomic E-state index is -3.72. The van der Waals surface area contributed by atoms with Crippen LogP contribution in [0.2, 0.25) is 10.0 Å². The third kappa shape index (κ3) is 4.45. The van der Waals surface area contributed by atoms with Crippen LogP contribution in [0.1, 0.15) is 0 Å². The largest absolute Gasteiger partial charge is 0.325 e. The first-order chi connectivity index (χ1) is 10.4. The minimum absolute atomic E-state index is 0.0948. The number of hydrogen-bond acceptors (Lipinski definition) is 3. The predicted octanol–water partition coefficient (Wildman–Crippen LogP) is 2.91. The van der Waals surface area contributed by atoms with Crippen LogP contribution in [-0.4, -0.2) is 20.9 Å². The number of hydrogen-bond donors (Lipinski definition) is 2. The zero-order chi connectivity index (χ0) is 16.2. The van der Waals surface area contributed by atoms with Crippen LogP contribution in [0.5, 0.6) is 0 Å². The van der Waals surface area contributed by atoms with Gasteiger partial charge in [0.15, 0.2) is 0 Å². The first-order valence-electron chi connectivity index (χ1n) is 6.18. The first-order valence-corrected chi connectivity index (χ1v) is 8.42. The second-order valence-corrected chi connectivity index (χ2v) is 6.90. The highest BCUT2D eigenvalue weighted by molar-refractivity contribution is 7.89. The van der Waals surface area contributed by atoms with Gasteiger partial charge in [-0.15, -0.1) is 0 Å². The molecule has 0 aliphatic heterocycles. The van der Waals surface area contributed by atoms with Gasteiger partial charge in [-0.2, -0.15) is 0 Å². The summed E-state index contributed by atoms with van der Waals surface area (Å²) < 4.78 is 26.1. The van der Waals surface area contributed by atoms with E-state index in [0.717, 1.165) is 0 Å². The highest BCUT2D eigenvalue weighted by Gasteiger charge is 2.15. The highest BCUT2D eigenvalue weighted by atomic mass is 35.5. The molecule has 0 saturated carbocycles. The molecule has 1 amide bonds. The normalized spacial score (nSPS) is 11.2. The summed E-state index contributed by atoms with van der Waals surface area (Å²) in [6.45, 7) is -0.391. The van der Waals surface area contributed by atoms with Gasteiger partial charge in [0.1, 0.15) is 0 Å². The fraction of sp³-hybridized carbons (Fsp3) is 0.0714. The molecule has 0 fully saturated rings. The number of amides is 1. The lowest BCUT2D eigenvalue weighted by atomic mass is 10.3. The Labute approximate surface area is 138 Å². The molecule has 0 saturated heterocycles. The Morgan fingerprint density at radius 1 is 1.00 bits per heavy atom. The van der Waals surface area contributed by atoms with E-state index in [-0.39, 0.29) is 4.90 Å². The summed E-state index contributed by atoms with van der Waals surface area (Å²) in [5.41, 5.74) is 0.429. The Hall–Kier alpha value is -1.60. The average molecular weight is 359 g/mol. The van der Waals surface area contributed by atoms with E-state index in [1.165, 1.54) is 24.3 Å². The van der Waals surface area contributed by atoms with Crippen LogP contribution in [0.4, 0.5) is 5.69 Å². The van der Waals surface area contributed by atoms with Gasteiger partial charge in [0.2, 0.25) is 15.9 Å². The van der Waals surface area contributed by atoms with Crippen LogP contribution in [0, 0.1) is 0 Å². The van der Waals surface area contributed by atoms with Gasteiger partial charge in [0, 0.05) is 5.69 Å². The molecule has 0 aromatic heterocycles. The van der Waals surface area contributed by atoms with Crippen molar-refractivity contribution >= 4 is 44.8 Å². The second kappa shape index (κ2) is 7.11. The quantitative estimate of drug-likeness (QED) is 0.862. The molecule has 2 aromatic rings. The van der Waals surface area contributed by atoms with Crippen LogP contribution in [-0.2, 0) is 14.8 Å². The molecule has 2 N–H and O–H groups in total. The van der Waals surface area contributed by atoms with Crippen molar-refractivity contribution in [2.75, 3.05) is 11.9 Å². The maximum absolute atomic E-state index is 12.0. The van der Waals surface area contributed by atoms with Crippen molar-refractivity contribution in [1.82, 2.24) is 4.72 Å². The monoisotopic (exact) mass is 358 g/mol. The summed E-state index contributed by atoms with van der Waals surface area (Å²) in [5, 5.41) is 3.19. The van der Waals surface area contributed by atoms with E-state index >= 15 is 0 Å². The van der Waals surface area contributed by atoms with Crippen molar-refractivity contribution in [3.8, 4) is 0 Å². The van der Waals surface area contributed by atoms with E-state index in [4.69, 9.17) is 23.2 Å². The second-order valence-electron chi connectivity index (χ2n) is 4.31. The zero-order valence-corrected chi connectivity index (χ0v) is 13.5. The molecule has 0 radical (unpaired) electrons. The number of sulfonamides is 1. The summed E-state index contributed by atoms with van der Waals surface area (Å²) in [7, 11) is -3.72. The van der Waals surface area contributed by atoms with Crippen molar-refractivity contribution in [3.05, 3.63) is 58.6 Å². The summed E-state index contributed by atoms with van der Waals surface area (Å²) in [6, 6.07) is 12.4. The molecule has 0 atom stereocenters.